The van der Waals surface area contributed by atoms with E-state index in [0.717, 1.165) is 19.5 Å². The van der Waals surface area contributed by atoms with E-state index in [-0.39, 0.29) is 6.61 Å². The number of aliphatic hydroxyl groups is 1. The summed E-state index contributed by atoms with van der Waals surface area (Å²) in [5.41, 5.74) is 0.726. The molecule has 0 amide bonds. The minimum atomic E-state index is -0.533. The van der Waals surface area contributed by atoms with Gasteiger partial charge >= 0.3 is 0 Å². The molecule has 0 bridgehead atoms. The van der Waals surface area contributed by atoms with Gasteiger partial charge in [-0.05, 0) is 12.0 Å². The summed E-state index contributed by atoms with van der Waals surface area (Å²) < 4.78 is 0. The molecule has 0 unspecified atom stereocenters. The predicted molar refractivity (Wildman–Crippen MR) is 61.5 cm³/mol. The van der Waals surface area contributed by atoms with Gasteiger partial charge in [0.2, 0.25) is 0 Å². The molecule has 0 saturated carbocycles. The van der Waals surface area contributed by atoms with Crippen LogP contribution in [-0.4, -0.2) is 29.7 Å². The first kappa shape index (κ1) is 11.1. The van der Waals surface area contributed by atoms with Gasteiger partial charge in [-0.2, -0.15) is 5.26 Å². The average Bonchev–Trinajstić information content (AvgIpc) is 2.75. The lowest BCUT2D eigenvalue weighted by Gasteiger charge is -2.19. The molecule has 0 radical (unpaired) electrons. The number of hydrogen-bond acceptors (Lipinski definition) is 3. The van der Waals surface area contributed by atoms with Gasteiger partial charge in [0.05, 0.1) is 18.1 Å². The Balaban J connectivity index is 1.98. The Kier molecular flexibility index (Phi) is 3.23. The van der Waals surface area contributed by atoms with Gasteiger partial charge in [0, 0.05) is 19.6 Å². The van der Waals surface area contributed by atoms with Crippen molar-refractivity contribution in [3.63, 3.8) is 0 Å². The minimum Gasteiger partial charge on any atom is -0.395 e. The summed E-state index contributed by atoms with van der Waals surface area (Å²) >= 11 is 0. The first-order chi connectivity index (χ1) is 7.78. The van der Waals surface area contributed by atoms with Crippen molar-refractivity contribution < 1.29 is 5.11 Å². The molecule has 1 aliphatic heterocycles. The van der Waals surface area contributed by atoms with E-state index in [1.807, 2.05) is 18.2 Å². The SMILES string of the molecule is N#C[C@@]1(CO)CCN(Cc2ccccc2)C1. The van der Waals surface area contributed by atoms with Crippen molar-refractivity contribution in [3.8, 4) is 6.07 Å². The molecule has 1 aromatic carbocycles. The first-order valence-corrected chi connectivity index (χ1v) is 5.56. The van der Waals surface area contributed by atoms with E-state index >= 15 is 0 Å². The molecule has 1 fully saturated rings. The maximum atomic E-state index is 9.25. The van der Waals surface area contributed by atoms with Crippen LogP contribution < -0.4 is 0 Å². The second-order valence-electron chi connectivity index (χ2n) is 4.50. The molecule has 16 heavy (non-hydrogen) atoms. The van der Waals surface area contributed by atoms with Crippen molar-refractivity contribution >= 4 is 0 Å². The quantitative estimate of drug-likeness (QED) is 0.830. The Morgan fingerprint density at radius 2 is 2.12 bits per heavy atom. The molecular formula is C13H16N2O. The molecule has 1 aromatic rings. The Bertz CT molecular complexity index is 385. The third-order valence-corrected chi connectivity index (χ3v) is 3.22. The molecule has 84 valence electrons. The van der Waals surface area contributed by atoms with Gasteiger partial charge in [0.1, 0.15) is 0 Å². The highest BCUT2D eigenvalue weighted by Gasteiger charge is 2.37. The van der Waals surface area contributed by atoms with E-state index in [4.69, 9.17) is 5.26 Å². The van der Waals surface area contributed by atoms with Gasteiger partial charge in [-0.1, -0.05) is 30.3 Å². The van der Waals surface area contributed by atoms with Crippen LogP contribution in [0.1, 0.15) is 12.0 Å². The first-order valence-electron chi connectivity index (χ1n) is 5.56. The lowest BCUT2D eigenvalue weighted by Crippen LogP contribution is -2.28. The van der Waals surface area contributed by atoms with E-state index in [0.29, 0.717) is 6.54 Å². The monoisotopic (exact) mass is 216 g/mol. The molecule has 3 nitrogen and oxygen atoms in total. The minimum absolute atomic E-state index is 0.0329. The van der Waals surface area contributed by atoms with Crippen LogP contribution in [0.5, 0.6) is 0 Å². The van der Waals surface area contributed by atoms with Crippen LogP contribution in [0.2, 0.25) is 0 Å². The number of aliphatic hydroxyl groups excluding tert-OH is 1. The van der Waals surface area contributed by atoms with Crippen LogP contribution in [-0.2, 0) is 6.54 Å². The molecular weight excluding hydrogens is 200 g/mol. The van der Waals surface area contributed by atoms with Crippen molar-refractivity contribution in [1.82, 2.24) is 4.90 Å². The van der Waals surface area contributed by atoms with Crippen molar-refractivity contribution in [3.05, 3.63) is 35.9 Å². The zero-order valence-corrected chi connectivity index (χ0v) is 9.26. The van der Waals surface area contributed by atoms with Crippen LogP contribution in [0, 0.1) is 16.7 Å². The number of nitriles is 1. The Hall–Kier alpha value is -1.37. The lowest BCUT2D eigenvalue weighted by atomic mass is 9.90. The molecule has 3 heteroatoms. The summed E-state index contributed by atoms with van der Waals surface area (Å²) in [4.78, 5) is 2.23. The summed E-state index contributed by atoms with van der Waals surface area (Å²) in [6.45, 7) is 2.40. The number of hydrogen-bond donors (Lipinski definition) is 1. The second-order valence-corrected chi connectivity index (χ2v) is 4.50. The normalized spacial score (nSPS) is 25.5. The van der Waals surface area contributed by atoms with Gasteiger partial charge in [0.25, 0.3) is 0 Å². The van der Waals surface area contributed by atoms with Gasteiger partial charge in [-0.15, -0.1) is 0 Å². The fourth-order valence-corrected chi connectivity index (χ4v) is 2.19. The molecule has 0 spiro atoms. The molecule has 0 aromatic heterocycles. The Morgan fingerprint density at radius 1 is 1.38 bits per heavy atom. The van der Waals surface area contributed by atoms with E-state index in [9.17, 15) is 5.11 Å². The Labute approximate surface area is 95.9 Å². The smallest absolute Gasteiger partial charge is 0.0942 e. The molecule has 1 heterocycles. The van der Waals surface area contributed by atoms with Crippen LogP contribution in [0.25, 0.3) is 0 Å². The van der Waals surface area contributed by atoms with Crippen LogP contribution in [0.15, 0.2) is 30.3 Å². The van der Waals surface area contributed by atoms with E-state index < -0.39 is 5.41 Å². The standard InChI is InChI=1S/C13H16N2O/c14-9-13(11-16)6-7-15(10-13)8-12-4-2-1-3-5-12/h1-5,16H,6-8,10-11H2/t13-/m0/s1. The zero-order valence-electron chi connectivity index (χ0n) is 9.26. The largest absolute Gasteiger partial charge is 0.395 e. The lowest BCUT2D eigenvalue weighted by molar-refractivity contribution is 0.173. The molecule has 1 atom stereocenters. The van der Waals surface area contributed by atoms with E-state index in [1.165, 1.54) is 5.56 Å². The second kappa shape index (κ2) is 4.65. The number of benzene rings is 1. The van der Waals surface area contributed by atoms with Gasteiger partial charge in [-0.25, -0.2) is 0 Å². The molecule has 0 aliphatic carbocycles. The highest BCUT2D eigenvalue weighted by Crippen LogP contribution is 2.29. The number of rotatable bonds is 3. The van der Waals surface area contributed by atoms with E-state index in [2.05, 4.69) is 23.1 Å². The summed E-state index contributed by atoms with van der Waals surface area (Å²) in [5, 5.41) is 18.3. The van der Waals surface area contributed by atoms with Gasteiger partial charge in [-0.3, -0.25) is 4.90 Å². The third-order valence-electron chi connectivity index (χ3n) is 3.22. The maximum absolute atomic E-state index is 9.25. The predicted octanol–water partition coefficient (Wildman–Crippen LogP) is 1.39. The molecule has 2 rings (SSSR count). The number of likely N-dealkylation sites (tertiary alicyclic amines) is 1. The maximum Gasteiger partial charge on any atom is 0.0942 e. The summed E-state index contributed by atoms with van der Waals surface area (Å²) in [6.07, 6.45) is 0.771. The molecule has 1 N–H and O–H groups in total. The fraction of sp³-hybridized carbons (Fsp3) is 0.462. The Morgan fingerprint density at radius 3 is 2.69 bits per heavy atom. The van der Waals surface area contributed by atoms with E-state index in [1.54, 1.807) is 0 Å². The van der Waals surface area contributed by atoms with Crippen molar-refractivity contribution in [2.75, 3.05) is 19.7 Å². The van der Waals surface area contributed by atoms with Crippen molar-refractivity contribution in [2.24, 2.45) is 5.41 Å². The highest BCUT2D eigenvalue weighted by atomic mass is 16.3. The highest BCUT2D eigenvalue weighted by molar-refractivity contribution is 5.15. The van der Waals surface area contributed by atoms with Gasteiger partial charge < -0.3 is 5.11 Å². The molecule has 1 aliphatic rings. The van der Waals surface area contributed by atoms with Gasteiger partial charge in [0.15, 0.2) is 0 Å². The van der Waals surface area contributed by atoms with Crippen molar-refractivity contribution in [1.29, 1.82) is 5.26 Å². The average molecular weight is 216 g/mol. The fourth-order valence-electron chi connectivity index (χ4n) is 2.19. The topological polar surface area (TPSA) is 47.3 Å². The van der Waals surface area contributed by atoms with Crippen molar-refractivity contribution in [2.45, 2.75) is 13.0 Å². The van der Waals surface area contributed by atoms with Crippen LogP contribution >= 0.6 is 0 Å². The third kappa shape index (κ3) is 2.24. The summed E-state index contributed by atoms with van der Waals surface area (Å²) in [6, 6.07) is 12.5. The summed E-state index contributed by atoms with van der Waals surface area (Å²) in [5.74, 6) is 0. The number of nitrogens with zero attached hydrogens (tertiary/aromatic N) is 2. The zero-order chi connectivity index (χ0) is 11.4. The van der Waals surface area contributed by atoms with Crippen LogP contribution in [0.3, 0.4) is 0 Å². The molecule has 1 saturated heterocycles. The van der Waals surface area contributed by atoms with Crippen LogP contribution in [0.4, 0.5) is 0 Å². The summed E-state index contributed by atoms with van der Waals surface area (Å²) in [7, 11) is 0.